The molecule has 0 radical (unpaired) electrons. The standard InChI is InChI=1S/C10H10O2S2/c1-13-9(10(11)12)7-14-8-5-3-2-4-6-8/h2-7H,1H3,(H,11,12). The molecule has 0 spiro atoms. The predicted molar refractivity (Wildman–Crippen MR) is 61.5 cm³/mol. The van der Waals surface area contributed by atoms with E-state index in [-0.39, 0.29) is 0 Å². The van der Waals surface area contributed by atoms with Crippen molar-refractivity contribution in [1.82, 2.24) is 0 Å². The van der Waals surface area contributed by atoms with E-state index in [1.54, 1.807) is 11.7 Å². The third kappa shape index (κ3) is 3.47. The molecule has 1 N–H and O–H groups in total. The second-order valence-electron chi connectivity index (χ2n) is 2.42. The topological polar surface area (TPSA) is 37.3 Å². The van der Waals surface area contributed by atoms with Crippen LogP contribution in [0.4, 0.5) is 0 Å². The monoisotopic (exact) mass is 226 g/mol. The lowest BCUT2D eigenvalue weighted by molar-refractivity contribution is -0.131. The third-order valence-corrected chi connectivity index (χ3v) is 3.26. The Hall–Kier alpha value is -0.870. The van der Waals surface area contributed by atoms with Gasteiger partial charge in [-0.25, -0.2) is 4.79 Å². The maximum absolute atomic E-state index is 10.6. The van der Waals surface area contributed by atoms with Crippen LogP contribution in [0.1, 0.15) is 0 Å². The number of hydrogen-bond acceptors (Lipinski definition) is 3. The van der Waals surface area contributed by atoms with E-state index >= 15 is 0 Å². The van der Waals surface area contributed by atoms with Gasteiger partial charge in [-0.1, -0.05) is 30.0 Å². The number of aliphatic carboxylic acids is 1. The van der Waals surface area contributed by atoms with Crippen LogP contribution >= 0.6 is 23.5 Å². The Kier molecular flexibility index (Phi) is 4.62. The number of hydrogen-bond donors (Lipinski definition) is 1. The van der Waals surface area contributed by atoms with Crippen molar-refractivity contribution in [3.8, 4) is 0 Å². The average molecular weight is 226 g/mol. The van der Waals surface area contributed by atoms with Crippen LogP contribution in [0.2, 0.25) is 0 Å². The molecule has 0 amide bonds. The zero-order valence-corrected chi connectivity index (χ0v) is 9.27. The summed E-state index contributed by atoms with van der Waals surface area (Å²) in [6, 6.07) is 9.67. The first-order valence-electron chi connectivity index (χ1n) is 3.93. The summed E-state index contributed by atoms with van der Waals surface area (Å²) in [7, 11) is 0. The highest BCUT2D eigenvalue weighted by Gasteiger charge is 2.04. The molecule has 0 fully saturated rings. The quantitative estimate of drug-likeness (QED) is 0.632. The van der Waals surface area contributed by atoms with Gasteiger partial charge in [0, 0.05) is 4.90 Å². The zero-order valence-electron chi connectivity index (χ0n) is 7.64. The molecule has 0 atom stereocenters. The van der Waals surface area contributed by atoms with Gasteiger partial charge < -0.3 is 5.11 Å². The van der Waals surface area contributed by atoms with Crippen LogP contribution in [-0.2, 0) is 4.79 Å². The lowest BCUT2D eigenvalue weighted by Gasteiger charge is -1.97. The maximum Gasteiger partial charge on any atom is 0.342 e. The van der Waals surface area contributed by atoms with Gasteiger partial charge in [-0.05, 0) is 23.8 Å². The summed E-state index contributed by atoms with van der Waals surface area (Å²) < 4.78 is 0. The fourth-order valence-electron chi connectivity index (χ4n) is 0.806. The number of thioether (sulfide) groups is 2. The molecule has 0 aromatic heterocycles. The van der Waals surface area contributed by atoms with Gasteiger partial charge in [0.15, 0.2) is 0 Å². The Labute approximate surface area is 91.4 Å². The van der Waals surface area contributed by atoms with E-state index in [4.69, 9.17) is 5.11 Å². The fraction of sp³-hybridized carbons (Fsp3) is 0.100. The number of carbonyl (C=O) groups is 1. The number of carboxylic acids is 1. The maximum atomic E-state index is 10.6. The van der Waals surface area contributed by atoms with Gasteiger partial charge in [0.25, 0.3) is 0 Å². The van der Waals surface area contributed by atoms with Crippen LogP contribution in [0.3, 0.4) is 0 Å². The second-order valence-corrected chi connectivity index (χ2v) is 4.21. The van der Waals surface area contributed by atoms with E-state index in [1.807, 2.05) is 30.3 Å². The summed E-state index contributed by atoms with van der Waals surface area (Å²) in [5, 5.41) is 10.4. The van der Waals surface area contributed by atoms with Crippen LogP contribution in [0.25, 0.3) is 0 Å². The van der Waals surface area contributed by atoms with Crippen LogP contribution in [0.5, 0.6) is 0 Å². The van der Waals surface area contributed by atoms with Crippen LogP contribution in [0.15, 0.2) is 45.5 Å². The molecule has 0 aliphatic carbocycles. The van der Waals surface area contributed by atoms with Crippen molar-refractivity contribution in [2.45, 2.75) is 4.90 Å². The average Bonchev–Trinajstić information content (AvgIpc) is 2.20. The minimum atomic E-state index is -0.874. The van der Waals surface area contributed by atoms with Gasteiger partial charge in [-0.3, -0.25) is 0 Å². The Morgan fingerprint density at radius 2 is 2.00 bits per heavy atom. The van der Waals surface area contributed by atoms with E-state index in [1.165, 1.54) is 23.5 Å². The van der Waals surface area contributed by atoms with Crippen molar-refractivity contribution in [2.24, 2.45) is 0 Å². The summed E-state index contributed by atoms with van der Waals surface area (Å²) in [6.45, 7) is 0. The zero-order chi connectivity index (χ0) is 10.4. The van der Waals surface area contributed by atoms with Crippen molar-refractivity contribution in [3.63, 3.8) is 0 Å². The Bertz CT molecular complexity index is 333. The molecule has 0 aliphatic heterocycles. The molecule has 2 nitrogen and oxygen atoms in total. The fourth-order valence-corrected chi connectivity index (χ4v) is 2.17. The lowest BCUT2D eigenvalue weighted by atomic mass is 10.4. The lowest BCUT2D eigenvalue weighted by Crippen LogP contribution is -1.94. The van der Waals surface area contributed by atoms with Crippen molar-refractivity contribution in [1.29, 1.82) is 0 Å². The van der Waals surface area contributed by atoms with Crippen molar-refractivity contribution in [3.05, 3.63) is 40.6 Å². The molecule has 14 heavy (non-hydrogen) atoms. The molecule has 1 rings (SSSR count). The largest absolute Gasteiger partial charge is 0.477 e. The van der Waals surface area contributed by atoms with Gasteiger partial charge in [0.2, 0.25) is 0 Å². The normalized spacial score (nSPS) is 11.4. The molecule has 74 valence electrons. The Balaban J connectivity index is 2.66. The molecule has 0 saturated heterocycles. The van der Waals surface area contributed by atoms with E-state index in [2.05, 4.69) is 0 Å². The minimum absolute atomic E-state index is 0.360. The molecule has 0 bridgehead atoms. The Morgan fingerprint density at radius 1 is 1.36 bits per heavy atom. The summed E-state index contributed by atoms with van der Waals surface area (Å²) in [5.74, 6) is -0.874. The summed E-state index contributed by atoms with van der Waals surface area (Å²) >= 11 is 2.66. The molecule has 1 aromatic rings. The van der Waals surface area contributed by atoms with E-state index in [0.717, 1.165) is 4.90 Å². The molecule has 4 heteroatoms. The summed E-state index contributed by atoms with van der Waals surface area (Å²) in [6.07, 6.45) is 1.76. The van der Waals surface area contributed by atoms with Gasteiger partial charge in [0.1, 0.15) is 0 Å². The molecule has 0 aliphatic rings. The highest BCUT2D eigenvalue weighted by atomic mass is 32.2. The van der Waals surface area contributed by atoms with E-state index in [0.29, 0.717) is 4.91 Å². The highest BCUT2D eigenvalue weighted by Crippen LogP contribution is 2.23. The van der Waals surface area contributed by atoms with Crippen molar-refractivity contribution < 1.29 is 9.90 Å². The van der Waals surface area contributed by atoms with Gasteiger partial charge in [0.05, 0.1) is 4.91 Å². The molecular formula is C10H10O2S2. The van der Waals surface area contributed by atoms with Gasteiger partial charge in [-0.15, -0.1) is 11.8 Å². The van der Waals surface area contributed by atoms with Crippen LogP contribution < -0.4 is 0 Å². The highest BCUT2D eigenvalue weighted by molar-refractivity contribution is 8.06. The predicted octanol–water partition coefficient (Wildman–Crippen LogP) is 3.07. The molecule has 0 unspecified atom stereocenters. The van der Waals surface area contributed by atoms with E-state index < -0.39 is 5.97 Å². The SMILES string of the molecule is CSC(=CSc1ccccc1)C(=O)O. The summed E-state index contributed by atoms with van der Waals surface area (Å²) in [5.41, 5.74) is 0. The first kappa shape index (κ1) is 11.2. The van der Waals surface area contributed by atoms with Crippen LogP contribution in [0, 0.1) is 0 Å². The van der Waals surface area contributed by atoms with Gasteiger partial charge in [-0.2, -0.15) is 0 Å². The number of benzene rings is 1. The smallest absolute Gasteiger partial charge is 0.342 e. The molecule has 1 aromatic carbocycles. The summed E-state index contributed by atoms with van der Waals surface area (Å²) in [4.78, 5) is 12.1. The van der Waals surface area contributed by atoms with Crippen molar-refractivity contribution >= 4 is 29.5 Å². The van der Waals surface area contributed by atoms with E-state index in [9.17, 15) is 4.79 Å². The molecule has 0 heterocycles. The molecular weight excluding hydrogens is 216 g/mol. The number of carboxylic acid groups (broad SMARTS) is 1. The minimum Gasteiger partial charge on any atom is -0.477 e. The third-order valence-electron chi connectivity index (χ3n) is 1.48. The first-order valence-corrected chi connectivity index (χ1v) is 6.03. The first-order chi connectivity index (χ1) is 6.74. The van der Waals surface area contributed by atoms with Crippen LogP contribution in [-0.4, -0.2) is 17.3 Å². The van der Waals surface area contributed by atoms with Gasteiger partial charge >= 0.3 is 5.97 Å². The van der Waals surface area contributed by atoms with Crippen molar-refractivity contribution in [2.75, 3.05) is 6.26 Å². The Morgan fingerprint density at radius 3 is 2.50 bits per heavy atom. The second kappa shape index (κ2) is 5.78. The number of rotatable bonds is 4. The molecule has 0 saturated carbocycles.